The van der Waals surface area contributed by atoms with Crippen LogP contribution in [-0.4, -0.2) is 99.6 Å². The van der Waals surface area contributed by atoms with Crippen LogP contribution in [0.5, 0.6) is 0 Å². The number of amides is 1. The number of aliphatic hydroxyl groups excluding tert-OH is 5. The van der Waals surface area contributed by atoms with Crippen LogP contribution in [0.4, 0.5) is 0 Å². The van der Waals surface area contributed by atoms with Crippen LogP contribution in [0.25, 0.3) is 0 Å². The first-order valence-corrected chi connectivity index (χ1v) is 33.1. The number of carbonyl (C=O) groups excluding carboxylic acids is 2. The fraction of sp³-hybridized carbons (Fsp3) is 0.644. The Balaban J connectivity index is 2.64. The largest absolute Gasteiger partial charge is 0.454 e. The first-order chi connectivity index (χ1) is 41.2. The minimum absolute atomic E-state index is 0.0974. The molecule has 1 fully saturated rings. The molecule has 11 heteroatoms. The second-order valence-corrected chi connectivity index (χ2v) is 22.1. The molecule has 1 rings (SSSR count). The summed E-state index contributed by atoms with van der Waals surface area (Å²) in [6.45, 7) is 5.51. The lowest BCUT2D eigenvalue weighted by atomic mass is 9.99. The van der Waals surface area contributed by atoms with Crippen LogP contribution in [0.2, 0.25) is 0 Å². The Morgan fingerprint density at radius 1 is 0.476 bits per heavy atom. The first kappa shape index (κ1) is 77.6. The normalized spacial score (nSPS) is 19.5. The third-order valence-electron chi connectivity index (χ3n) is 14.5. The lowest BCUT2D eigenvalue weighted by molar-refractivity contribution is -0.305. The molecule has 0 spiro atoms. The summed E-state index contributed by atoms with van der Waals surface area (Å²) >= 11 is 0. The predicted octanol–water partition coefficient (Wildman–Crippen LogP) is 16.6. The molecule has 1 aliphatic heterocycles. The average Bonchev–Trinajstić information content (AvgIpc) is 3.69. The number of nitrogens with one attached hydrogen (secondary N) is 1. The van der Waals surface area contributed by atoms with Gasteiger partial charge in [0.1, 0.15) is 24.4 Å². The SMILES string of the molecule is CC/C=C\C/C=C\C/C=C\C/C=C\C/C=C\C/C=C\CCCCCCCCCCC(=O)OC1C(OCC(NC(=O)C(O)CC/C=C\C/C=C\C/C=C\C/C=C\C/C=C\CC)C(O)/C=C/CCCCCCCCCCCC)OC(CO)C(O)C1O. The Morgan fingerprint density at radius 2 is 0.857 bits per heavy atom. The number of allylic oxidation sites excluding steroid dienone is 23. The molecule has 0 aliphatic carbocycles. The van der Waals surface area contributed by atoms with Gasteiger partial charge in [0.15, 0.2) is 12.4 Å². The molecule has 11 nitrogen and oxygen atoms in total. The van der Waals surface area contributed by atoms with Crippen molar-refractivity contribution >= 4 is 11.9 Å². The van der Waals surface area contributed by atoms with Gasteiger partial charge in [-0.2, -0.15) is 0 Å². The van der Waals surface area contributed by atoms with Crippen molar-refractivity contribution in [1.29, 1.82) is 0 Å². The van der Waals surface area contributed by atoms with Crippen molar-refractivity contribution in [2.24, 2.45) is 0 Å². The Kier molecular flexibility index (Phi) is 54.4. The van der Waals surface area contributed by atoms with Crippen LogP contribution >= 0.6 is 0 Å². The van der Waals surface area contributed by atoms with E-state index >= 15 is 0 Å². The van der Waals surface area contributed by atoms with E-state index in [2.05, 4.69) is 148 Å². The van der Waals surface area contributed by atoms with Gasteiger partial charge < -0.3 is 45.1 Å². The minimum atomic E-state index is -1.64. The quantitative estimate of drug-likeness (QED) is 0.0195. The number of carbonyl (C=O) groups is 2. The van der Waals surface area contributed by atoms with Gasteiger partial charge in [0.2, 0.25) is 5.91 Å². The number of hydrogen-bond acceptors (Lipinski definition) is 10. The molecular formula is C73H119NO10. The van der Waals surface area contributed by atoms with Crippen LogP contribution in [-0.2, 0) is 23.8 Å². The molecule has 1 saturated heterocycles. The predicted molar refractivity (Wildman–Crippen MR) is 351 cm³/mol. The highest BCUT2D eigenvalue weighted by molar-refractivity contribution is 5.80. The fourth-order valence-corrected chi connectivity index (χ4v) is 9.33. The number of esters is 1. The van der Waals surface area contributed by atoms with Gasteiger partial charge in [0.05, 0.1) is 25.4 Å². The van der Waals surface area contributed by atoms with Gasteiger partial charge in [-0.25, -0.2) is 0 Å². The molecule has 0 saturated carbocycles. The second-order valence-electron chi connectivity index (χ2n) is 22.1. The second kappa shape index (κ2) is 58.9. The van der Waals surface area contributed by atoms with Crippen LogP contribution < -0.4 is 5.32 Å². The van der Waals surface area contributed by atoms with Crippen molar-refractivity contribution in [2.75, 3.05) is 13.2 Å². The lowest BCUT2D eigenvalue weighted by Gasteiger charge is -2.41. The van der Waals surface area contributed by atoms with Gasteiger partial charge in [-0.3, -0.25) is 9.59 Å². The first-order valence-electron chi connectivity index (χ1n) is 33.1. The van der Waals surface area contributed by atoms with Crippen molar-refractivity contribution in [1.82, 2.24) is 5.32 Å². The molecule has 8 unspecified atom stereocenters. The van der Waals surface area contributed by atoms with E-state index < -0.39 is 67.4 Å². The summed E-state index contributed by atoms with van der Waals surface area (Å²) < 4.78 is 17.6. The van der Waals surface area contributed by atoms with Crippen molar-refractivity contribution in [2.45, 2.75) is 288 Å². The zero-order chi connectivity index (χ0) is 61.0. The Hall–Kier alpha value is -4.46. The molecule has 0 aromatic heterocycles. The molecule has 0 aromatic carbocycles. The molecule has 1 aliphatic rings. The van der Waals surface area contributed by atoms with Crippen LogP contribution in [0.3, 0.4) is 0 Å². The molecule has 8 atom stereocenters. The Labute approximate surface area is 511 Å². The van der Waals surface area contributed by atoms with Crippen molar-refractivity contribution < 1.29 is 49.3 Å². The summed E-state index contributed by atoms with van der Waals surface area (Å²) in [5.41, 5.74) is 0. The summed E-state index contributed by atoms with van der Waals surface area (Å²) in [5, 5.41) is 57.0. The summed E-state index contributed by atoms with van der Waals surface area (Å²) in [4.78, 5) is 26.6. The van der Waals surface area contributed by atoms with Crippen molar-refractivity contribution in [3.8, 4) is 0 Å². The third kappa shape index (κ3) is 45.8. The standard InChI is InChI=1S/C73H119NO10/c1-4-7-10-13-16-19-22-25-27-29-30-31-32-33-34-35-36-37-38-39-41-43-46-49-52-55-58-61-68(78)84-71-70(80)69(79)67(62-75)83-73(71)82-63-64(65(76)59-56-53-50-47-44-24-21-18-15-12-9-6-3)74-72(81)66(77)60-57-54-51-48-45-42-40-28-26-23-20-17-14-11-8-5-2/h7-8,10-11,16-17,19-20,25-28,30-31,33-34,36-37,42,45,51,54,56,59,64-67,69-71,73,75-77,79-80H,4-6,9,12-15,18,21-24,29,32,35,38-41,43-44,46-50,52-53,55,57-58,60-63H2,1-3H3,(H,74,81)/b10-7-,11-8-,19-16-,20-17-,27-25-,28-26-,31-30-,34-33-,37-36-,45-42-,54-51-,59-56+. The topological polar surface area (TPSA) is 175 Å². The smallest absolute Gasteiger partial charge is 0.306 e. The zero-order valence-electron chi connectivity index (χ0n) is 52.7. The maximum atomic E-state index is 13.4. The molecule has 1 heterocycles. The van der Waals surface area contributed by atoms with Crippen LogP contribution in [0, 0.1) is 0 Å². The summed E-state index contributed by atoms with van der Waals surface area (Å²) in [6, 6.07) is -1.07. The highest BCUT2D eigenvalue weighted by Crippen LogP contribution is 2.26. The summed E-state index contributed by atoms with van der Waals surface area (Å²) in [5.74, 6) is -1.28. The van der Waals surface area contributed by atoms with Crippen LogP contribution in [0.1, 0.15) is 239 Å². The third-order valence-corrected chi connectivity index (χ3v) is 14.5. The van der Waals surface area contributed by atoms with E-state index in [0.717, 1.165) is 128 Å². The van der Waals surface area contributed by atoms with Gasteiger partial charge in [-0.1, -0.05) is 263 Å². The van der Waals surface area contributed by atoms with E-state index in [4.69, 9.17) is 14.2 Å². The maximum Gasteiger partial charge on any atom is 0.306 e. The van der Waals surface area contributed by atoms with E-state index in [-0.39, 0.29) is 19.4 Å². The highest BCUT2D eigenvalue weighted by atomic mass is 16.7. The number of hydrogen-bond donors (Lipinski definition) is 6. The molecule has 0 aromatic rings. The molecule has 1 amide bonds. The van der Waals surface area contributed by atoms with Gasteiger partial charge in [-0.05, 0) is 116 Å². The van der Waals surface area contributed by atoms with Crippen molar-refractivity contribution in [3.05, 3.63) is 146 Å². The molecule has 0 bridgehead atoms. The maximum absolute atomic E-state index is 13.4. The molecule has 0 radical (unpaired) electrons. The zero-order valence-corrected chi connectivity index (χ0v) is 52.7. The highest BCUT2D eigenvalue weighted by Gasteiger charge is 2.47. The number of rotatable bonds is 54. The molecule has 6 N–H and O–H groups in total. The Bertz CT molecular complexity index is 1920. The average molecular weight is 1170 g/mol. The monoisotopic (exact) mass is 1170 g/mol. The van der Waals surface area contributed by atoms with E-state index in [1.54, 1.807) is 6.08 Å². The van der Waals surface area contributed by atoms with Crippen LogP contribution in [0.15, 0.2) is 146 Å². The summed E-state index contributed by atoms with van der Waals surface area (Å²) in [6.07, 6.45) is 74.6. The van der Waals surface area contributed by atoms with Gasteiger partial charge in [0, 0.05) is 6.42 Å². The van der Waals surface area contributed by atoms with E-state index in [1.807, 2.05) is 18.2 Å². The minimum Gasteiger partial charge on any atom is -0.454 e. The Morgan fingerprint density at radius 3 is 1.29 bits per heavy atom. The lowest BCUT2D eigenvalue weighted by Crippen LogP contribution is -2.61. The van der Waals surface area contributed by atoms with E-state index in [9.17, 15) is 35.1 Å². The number of aliphatic hydroxyl groups is 5. The summed E-state index contributed by atoms with van der Waals surface area (Å²) in [7, 11) is 0. The van der Waals surface area contributed by atoms with Gasteiger partial charge in [0.25, 0.3) is 0 Å². The van der Waals surface area contributed by atoms with Gasteiger partial charge in [-0.15, -0.1) is 0 Å². The van der Waals surface area contributed by atoms with Gasteiger partial charge >= 0.3 is 5.97 Å². The van der Waals surface area contributed by atoms with E-state index in [1.165, 1.54) is 64.2 Å². The number of unbranched alkanes of at least 4 members (excludes halogenated alkanes) is 18. The van der Waals surface area contributed by atoms with Crippen molar-refractivity contribution in [3.63, 3.8) is 0 Å². The molecule has 84 heavy (non-hydrogen) atoms. The van der Waals surface area contributed by atoms with E-state index in [0.29, 0.717) is 12.8 Å². The molecule has 476 valence electrons. The fourth-order valence-electron chi connectivity index (χ4n) is 9.33. The molecular weight excluding hydrogens is 1050 g/mol. The number of ether oxygens (including phenoxy) is 3.